The molecule has 2 aromatic rings. The average molecular weight is 573 g/mol. The maximum atomic E-state index is 11.7. The molecule has 3 heteroatoms. The first-order valence-electron chi connectivity index (χ1n) is 16.3. The van der Waals surface area contributed by atoms with Gasteiger partial charge in [0.05, 0.1) is 4.87 Å². The van der Waals surface area contributed by atoms with E-state index in [4.69, 9.17) is 16.3 Å². The van der Waals surface area contributed by atoms with Crippen molar-refractivity contribution in [3.63, 3.8) is 0 Å². The van der Waals surface area contributed by atoms with E-state index in [0.717, 1.165) is 49.9 Å². The van der Waals surface area contributed by atoms with Crippen molar-refractivity contribution in [2.45, 2.75) is 103 Å². The van der Waals surface area contributed by atoms with E-state index in [0.29, 0.717) is 17.3 Å². The molecule has 0 unspecified atom stereocenters. The number of carbonyl (C=O) groups is 1. The van der Waals surface area contributed by atoms with Crippen LogP contribution in [0.1, 0.15) is 103 Å². The second kappa shape index (κ2) is 11.2. The number of hydrogen-bond donors (Lipinski definition) is 0. The molecule has 0 heterocycles. The molecule has 0 bridgehead atoms. The first kappa shape index (κ1) is 29.0. The van der Waals surface area contributed by atoms with Gasteiger partial charge in [0.2, 0.25) is 0 Å². The van der Waals surface area contributed by atoms with Crippen LogP contribution in [-0.4, -0.2) is 16.9 Å². The number of esters is 1. The summed E-state index contributed by atoms with van der Waals surface area (Å²) in [6.07, 6.45) is 14.2. The lowest BCUT2D eigenvalue weighted by molar-refractivity contribution is -0.157. The molecule has 2 nitrogen and oxygen atoms in total. The Balaban J connectivity index is 1.19. The highest BCUT2D eigenvalue weighted by Gasteiger charge is 2.64. The summed E-state index contributed by atoms with van der Waals surface area (Å²) in [7, 11) is 0. The van der Waals surface area contributed by atoms with Gasteiger partial charge in [0, 0.05) is 13.3 Å². The summed E-state index contributed by atoms with van der Waals surface area (Å²) in [6.45, 7) is 9.21. The van der Waals surface area contributed by atoms with Gasteiger partial charge in [-0.3, -0.25) is 4.79 Å². The summed E-state index contributed by atoms with van der Waals surface area (Å²) in [4.78, 5) is 11.5. The summed E-state index contributed by atoms with van der Waals surface area (Å²) in [6, 6.07) is 21.8. The number of halogens is 1. The van der Waals surface area contributed by atoms with Gasteiger partial charge in [-0.15, -0.1) is 11.6 Å². The second-order valence-corrected chi connectivity index (χ2v) is 15.3. The Labute approximate surface area is 253 Å². The van der Waals surface area contributed by atoms with Gasteiger partial charge in [0.15, 0.2) is 0 Å². The number of ether oxygens (including phenoxy) is 1. The van der Waals surface area contributed by atoms with E-state index in [-0.39, 0.29) is 22.4 Å². The lowest BCUT2D eigenvalue weighted by Gasteiger charge is -2.64. The molecule has 4 aliphatic carbocycles. The maximum Gasteiger partial charge on any atom is 0.302 e. The highest BCUT2D eigenvalue weighted by atomic mass is 35.5. The number of alkyl halides is 1. The van der Waals surface area contributed by atoms with Crippen molar-refractivity contribution >= 4 is 23.1 Å². The smallest absolute Gasteiger partial charge is 0.302 e. The fourth-order valence-corrected chi connectivity index (χ4v) is 11.1. The van der Waals surface area contributed by atoms with E-state index in [1.165, 1.54) is 55.7 Å². The van der Waals surface area contributed by atoms with Crippen LogP contribution >= 0.6 is 11.6 Å². The molecule has 0 N–H and O–H groups in total. The van der Waals surface area contributed by atoms with Crippen molar-refractivity contribution in [2.75, 3.05) is 0 Å². The molecule has 4 aliphatic rings. The van der Waals surface area contributed by atoms with Gasteiger partial charge in [-0.1, -0.05) is 87.5 Å². The highest BCUT2D eigenvalue weighted by molar-refractivity contribution is 6.24. The van der Waals surface area contributed by atoms with Crippen LogP contribution < -0.4 is 0 Å². The predicted octanol–water partition coefficient (Wildman–Crippen LogP) is 10.1. The molecule has 0 aromatic heterocycles. The molecule has 0 spiro atoms. The quantitative estimate of drug-likeness (QED) is 0.254. The maximum absolute atomic E-state index is 11.7. The Morgan fingerprint density at radius 3 is 2.20 bits per heavy atom. The fraction of sp³-hybridized carbons (Fsp3) is 0.605. The summed E-state index contributed by atoms with van der Waals surface area (Å²) in [5.41, 5.74) is 4.55. The highest BCUT2D eigenvalue weighted by Crippen LogP contribution is 2.70. The van der Waals surface area contributed by atoms with Crippen LogP contribution in [0.2, 0.25) is 0 Å². The van der Waals surface area contributed by atoms with Gasteiger partial charge in [-0.2, -0.15) is 0 Å². The van der Waals surface area contributed by atoms with E-state index in [2.05, 4.69) is 87.5 Å². The zero-order chi connectivity index (χ0) is 28.8. The number of rotatable bonds is 6. The van der Waals surface area contributed by atoms with E-state index in [1.807, 2.05) is 0 Å². The van der Waals surface area contributed by atoms with Crippen molar-refractivity contribution in [3.05, 3.63) is 77.9 Å². The van der Waals surface area contributed by atoms with Gasteiger partial charge < -0.3 is 4.74 Å². The van der Waals surface area contributed by atoms with Gasteiger partial charge in [-0.25, -0.2) is 0 Å². The Morgan fingerprint density at radius 2 is 1.56 bits per heavy atom. The van der Waals surface area contributed by atoms with E-state index in [1.54, 1.807) is 0 Å². The van der Waals surface area contributed by atoms with Gasteiger partial charge >= 0.3 is 5.97 Å². The predicted molar refractivity (Wildman–Crippen MR) is 170 cm³/mol. The lowest BCUT2D eigenvalue weighted by Crippen LogP contribution is -2.60. The van der Waals surface area contributed by atoms with Crippen molar-refractivity contribution < 1.29 is 9.53 Å². The number of carbonyl (C=O) groups excluding carboxylic acids is 1. The zero-order valence-corrected chi connectivity index (χ0v) is 26.3. The van der Waals surface area contributed by atoms with Gasteiger partial charge in [0.1, 0.15) is 6.10 Å². The monoisotopic (exact) mass is 572 g/mol. The van der Waals surface area contributed by atoms with Crippen molar-refractivity contribution in [3.8, 4) is 0 Å². The topological polar surface area (TPSA) is 26.3 Å². The number of hydrogen-bond acceptors (Lipinski definition) is 2. The summed E-state index contributed by atoms with van der Waals surface area (Å²) >= 11 is 7.55. The Hall–Kier alpha value is -2.06. The van der Waals surface area contributed by atoms with Crippen molar-refractivity contribution in [2.24, 2.45) is 40.4 Å². The molecule has 41 heavy (non-hydrogen) atoms. The molecule has 2 aromatic carbocycles. The minimum absolute atomic E-state index is 0.00934. The second-order valence-electron chi connectivity index (χ2n) is 14.6. The van der Waals surface area contributed by atoms with Crippen molar-refractivity contribution in [1.82, 2.24) is 0 Å². The summed E-state index contributed by atoms with van der Waals surface area (Å²) < 4.78 is 5.68. The summed E-state index contributed by atoms with van der Waals surface area (Å²) in [5.74, 6) is 3.56. The SMILES string of the molecule is CC(=O)O[C@@H]1CC[C@]2(C)[C@H]3CC[C@]4(C)[C@@H]([C@H](C)CC=C(c5ccccc5)c5ccccc5)CC[C@H]4[C@@H]3CC[C@@]2(Cl)C1. The summed E-state index contributed by atoms with van der Waals surface area (Å²) in [5, 5.41) is 0. The average Bonchev–Trinajstić information content (AvgIpc) is 3.32. The van der Waals surface area contributed by atoms with Crippen LogP contribution in [0.5, 0.6) is 0 Å². The normalized spacial score (nSPS) is 38.6. The molecule has 4 saturated carbocycles. The molecule has 9 atom stereocenters. The lowest BCUT2D eigenvalue weighted by atomic mass is 9.44. The number of benzene rings is 2. The molecule has 0 aliphatic heterocycles. The first-order chi connectivity index (χ1) is 19.6. The molecule has 0 radical (unpaired) electrons. The third-order valence-corrected chi connectivity index (χ3v) is 13.4. The Kier molecular flexibility index (Phi) is 7.94. The molecule has 6 rings (SSSR count). The van der Waals surface area contributed by atoms with E-state index < -0.39 is 0 Å². The fourth-order valence-electron chi connectivity index (χ4n) is 10.6. The molecular weight excluding hydrogens is 524 g/mol. The molecular formula is C38H49ClO2. The van der Waals surface area contributed by atoms with Crippen LogP contribution in [0.25, 0.3) is 5.57 Å². The van der Waals surface area contributed by atoms with Crippen LogP contribution in [0.4, 0.5) is 0 Å². The Bertz CT molecular complexity index is 1210. The van der Waals surface area contributed by atoms with Gasteiger partial charge in [0.25, 0.3) is 0 Å². The van der Waals surface area contributed by atoms with E-state index in [9.17, 15) is 4.79 Å². The van der Waals surface area contributed by atoms with E-state index >= 15 is 0 Å². The van der Waals surface area contributed by atoms with Crippen LogP contribution in [0.3, 0.4) is 0 Å². The Morgan fingerprint density at radius 1 is 0.902 bits per heavy atom. The largest absolute Gasteiger partial charge is 0.462 e. The number of fused-ring (bicyclic) bond motifs is 5. The number of allylic oxidation sites excluding steroid dienone is 1. The minimum atomic E-state index is -0.234. The molecule has 0 saturated heterocycles. The zero-order valence-electron chi connectivity index (χ0n) is 25.6. The first-order valence-corrected chi connectivity index (χ1v) is 16.7. The van der Waals surface area contributed by atoms with Crippen LogP contribution in [0, 0.1) is 40.4 Å². The standard InChI is InChI=1S/C38H49ClO2/c1-26(15-16-31(28-11-7-5-8-12-28)29-13-9-6-10-14-29)33-17-18-34-32-20-24-38(39)25-30(41-27(2)40)19-23-37(38,4)35(32)21-22-36(33,34)3/h5-14,16,26,30,32-35H,15,17-25H2,1-4H3/t26-,30-,32+,33-,34+,35+,36-,37-,38-/m1/s1. The third kappa shape index (κ3) is 5.11. The van der Waals surface area contributed by atoms with Gasteiger partial charge in [-0.05, 0) is 115 Å². The minimum Gasteiger partial charge on any atom is -0.462 e. The third-order valence-electron chi connectivity index (χ3n) is 12.6. The molecule has 0 amide bonds. The molecule has 220 valence electrons. The van der Waals surface area contributed by atoms with Crippen molar-refractivity contribution in [1.29, 1.82) is 0 Å². The van der Waals surface area contributed by atoms with Crippen LogP contribution in [0.15, 0.2) is 66.7 Å². The van der Waals surface area contributed by atoms with Crippen LogP contribution in [-0.2, 0) is 9.53 Å². The molecule has 4 fully saturated rings.